The highest BCUT2D eigenvalue weighted by Crippen LogP contribution is 2.42. The SMILES string of the molecule is C1=CC2=CC(c3cc(N(c4ccccc4)c4cccc(-c5ccccc5)c4)cc4ccccc34)=CCC2C=C1. The maximum absolute atomic E-state index is 2.41. The summed E-state index contributed by atoms with van der Waals surface area (Å²) in [6.45, 7) is 0. The zero-order valence-electron chi connectivity index (χ0n) is 21.7. The molecule has 1 unspecified atom stereocenters. The second-order valence-corrected chi connectivity index (χ2v) is 10.2. The smallest absolute Gasteiger partial charge is 0.0474 e. The van der Waals surface area contributed by atoms with Gasteiger partial charge in [-0.1, -0.05) is 121 Å². The van der Waals surface area contributed by atoms with Gasteiger partial charge in [-0.2, -0.15) is 0 Å². The number of benzene rings is 5. The van der Waals surface area contributed by atoms with Crippen molar-refractivity contribution in [3.8, 4) is 11.1 Å². The van der Waals surface area contributed by atoms with Crippen LogP contribution in [0.5, 0.6) is 0 Å². The highest BCUT2D eigenvalue weighted by molar-refractivity contribution is 6.00. The summed E-state index contributed by atoms with van der Waals surface area (Å²) in [5.41, 5.74) is 9.82. The maximum Gasteiger partial charge on any atom is 0.0474 e. The molecule has 5 aromatic carbocycles. The highest BCUT2D eigenvalue weighted by atomic mass is 15.1. The van der Waals surface area contributed by atoms with Gasteiger partial charge in [0.25, 0.3) is 0 Å². The van der Waals surface area contributed by atoms with Gasteiger partial charge in [0.15, 0.2) is 0 Å². The Morgan fingerprint density at radius 2 is 1.33 bits per heavy atom. The number of hydrogen-bond acceptors (Lipinski definition) is 1. The molecule has 5 aromatic rings. The minimum atomic E-state index is 0.481. The standard InChI is InChI=1S/C38H29N/c1-3-12-28(13-4-1)31-17-11-20-35(25-31)39(34-18-5-2-6-19-34)36-26-32-16-9-10-21-37(32)38(27-36)33-23-22-29-14-7-8-15-30(29)24-33/h1-21,23-27,29H,22H2. The first-order valence-corrected chi connectivity index (χ1v) is 13.6. The summed E-state index contributed by atoms with van der Waals surface area (Å²) in [6, 6.07) is 43.6. The largest absolute Gasteiger partial charge is 0.310 e. The predicted octanol–water partition coefficient (Wildman–Crippen LogP) is 10.4. The molecular formula is C38H29N. The van der Waals surface area contributed by atoms with Gasteiger partial charge in [-0.25, -0.2) is 0 Å². The van der Waals surface area contributed by atoms with E-state index in [0.717, 1.165) is 23.5 Å². The van der Waals surface area contributed by atoms with E-state index in [1.807, 2.05) is 0 Å². The molecule has 39 heavy (non-hydrogen) atoms. The van der Waals surface area contributed by atoms with Crippen LogP contribution in [-0.4, -0.2) is 0 Å². The van der Waals surface area contributed by atoms with E-state index in [1.54, 1.807) is 0 Å². The van der Waals surface area contributed by atoms with E-state index in [9.17, 15) is 0 Å². The van der Waals surface area contributed by atoms with Gasteiger partial charge < -0.3 is 4.90 Å². The Morgan fingerprint density at radius 3 is 2.21 bits per heavy atom. The third-order valence-corrected chi connectivity index (χ3v) is 7.73. The number of nitrogens with zero attached hydrogens (tertiary/aromatic N) is 1. The minimum Gasteiger partial charge on any atom is -0.310 e. The Balaban J connectivity index is 1.41. The summed E-state index contributed by atoms with van der Waals surface area (Å²) in [6.07, 6.45) is 14.7. The number of anilines is 3. The molecule has 0 N–H and O–H groups in total. The van der Waals surface area contributed by atoms with E-state index in [-0.39, 0.29) is 0 Å². The molecule has 0 heterocycles. The number of fused-ring (bicyclic) bond motifs is 2. The molecule has 0 saturated heterocycles. The molecule has 2 aliphatic carbocycles. The lowest BCUT2D eigenvalue weighted by atomic mass is 9.83. The zero-order chi connectivity index (χ0) is 26.0. The fraction of sp³-hybridized carbons (Fsp3) is 0.0526. The van der Waals surface area contributed by atoms with Crippen molar-refractivity contribution in [3.63, 3.8) is 0 Å². The van der Waals surface area contributed by atoms with Crippen molar-refractivity contribution in [1.82, 2.24) is 0 Å². The first kappa shape index (κ1) is 23.3. The monoisotopic (exact) mass is 499 g/mol. The summed E-state index contributed by atoms with van der Waals surface area (Å²) >= 11 is 0. The van der Waals surface area contributed by atoms with E-state index < -0.39 is 0 Å². The molecule has 1 atom stereocenters. The van der Waals surface area contributed by atoms with Gasteiger partial charge in [0, 0.05) is 23.0 Å². The molecule has 1 nitrogen and oxygen atoms in total. The Kier molecular flexibility index (Phi) is 6.03. The summed E-state index contributed by atoms with van der Waals surface area (Å²) in [7, 11) is 0. The van der Waals surface area contributed by atoms with Crippen molar-refractivity contribution in [2.24, 2.45) is 5.92 Å². The molecule has 0 bridgehead atoms. The summed E-state index contributed by atoms with van der Waals surface area (Å²) in [4.78, 5) is 2.38. The van der Waals surface area contributed by atoms with Gasteiger partial charge in [-0.05, 0) is 81.4 Å². The number of para-hydroxylation sites is 1. The fourth-order valence-corrected chi connectivity index (χ4v) is 5.79. The lowest BCUT2D eigenvalue weighted by Gasteiger charge is -2.28. The predicted molar refractivity (Wildman–Crippen MR) is 167 cm³/mol. The van der Waals surface area contributed by atoms with Gasteiger partial charge in [0.05, 0.1) is 0 Å². The second-order valence-electron chi connectivity index (χ2n) is 10.2. The molecule has 0 aromatic heterocycles. The first-order valence-electron chi connectivity index (χ1n) is 13.6. The van der Waals surface area contributed by atoms with Gasteiger partial charge >= 0.3 is 0 Å². The Morgan fingerprint density at radius 1 is 0.590 bits per heavy atom. The van der Waals surface area contributed by atoms with E-state index in [2.05, 4.69) is 163 Å². The van der Waals surface area contributed by atoms with E-state index in [1.165, 1.54) is 38.6 Å². The van der Waals surface area contributed by atoms with Crippen molar-refractivity contribution in [2.75, 3.05) is 4.90 Å². The van der Waals surface area contributed by atoms with Crippen LogP contribution in [0.1, 0.15) is 12.0 Å². The minimum absolute atomic E-state index is 0.481. The molecular weight excluding hydrogens is 470 g/mol. The molecule has 0 amide bonds. The number of rotatable bonds is 5. The third kappa shape index (κ3) is 4.53. The molecule has 0 radical (unpaired) electrons. The van der Waals surface area contributed by atoms with Crippen molar-refractivity contribution in [2.45, 2.75) is 6.42 Å². The fourth-order valence-electron chi connectivity index (χ4n) is 5.79. The van der Waals surface area contributed by atoms with Crippen LogP contribution in [0, 0.1) is 5.92 Å². The average Bonchev–Trinajstić information content (AvgIpc) is 3.02. The summed E-state index contributed by atoms with van der Waals surface area (Å²) < 4.78 is 0. The van der Waals surface area contributed by atoms with Gasteiger partial charge in [-0.15, -0.1) is 0 Å². The lowest BCUT2D eigenvalue weighted by molar-refractivity contribution is 0.783. The maximum atomic E-state index is 2.41. The normalized spacial score (nSPS) is 15.9. The van der Waals surface area contributed by atoms with Crippen LogP contribution in [0.2, 0.25) is 0 Å². The van der Waals surface area contributed by atoms with Crippen LogP contribution in [-0.2, 0) is 0 Å². The molecule has 0 fully saturated rings. The molecule has 2 aliphatic rings. The number of hydrogen-bond donors (Lipinski definition) is 0. The van der Waals surface area contributed by atoms with Crippen molar-refractivity contribution >= 4 is 33.4 Å². The first-order chi connectivity index (χ1) is 19.3. The van der Waals surface area contributed by atoms with Crippen LogP contribution >= 0.6 is 0 Å². The van der Waals surface area contributed by atoms with Gasteiger partial charge in [0.1, 0.15) is 0 Å². The van der Waals surface area contributed by atoms with E-state index in [0.29, 0.717) is 5.92 Å². The zero-order valence-corrected chi connectivity index (χ0v) is 21.7. The van der Waals surface area contributed by atoms with Crippen LogP contribution in [0.25, 0.3) is 27.5 Å². The highest BCUT2D eigenvalue weighted by Gasteiger charge is 2.20. The van der Waals surface area contributed by atoms with Crippen LogP contribution in [0.15, 0.2) is 163 Å². The molecule has 1 heteroatoms. The third-order valence-electron chi connectivity index (χ3n) is 7.73. The van der Waals surface area contributed by atoms with E-state index >= 15 is 0 Å². The van der Waals surface area contributed by atoms with Crippen LogP contribution in [0.4, 0.5) is 17.1 Å². The molecule has 7 rings (SSSR count). The Hall–Kier alpha value is -4.88. The molecule has 0 spiro atoms. The molecule has 186 valence electrons. The van der Waals surface area contributed by atoms with Crippen molar-refractivity contribution < 1.29 is 0 Å². The topological polar surface area (TPSA) is 3.24 Å². The van der Waals surface area contributed by atoms with Gasteiger partial charge in [-0.3, -0.25) is 0 Å². The quantitative estimate of drug-likeness (QED) is 0.232. The van der Waals surface area contributed by atoms with Crippen molar-refractivity contribution in [1.29, 1.82) is 0 Å². The Labute approximate surface area is 230 Å². The molecule has 0 aliphatic heterocycles. The lowest BCUT2D eigenvalue weighted by Crippen LogP contribution is -2.11. The summed E-state index contributed by atoms with van der Waals surface area (Å²) in [5.74, 6) is 0.481. The van der Waals surface area contributed by atoms with Gasteiger partial charge in [0.2, 0.25) is 0 Å². The number of allylic oxidation sites excluding steroid dienone is 8. The molecule has 0 saturated carbocycles. The van der Waals surface area contributed by atoms with Crippen molar-refractivity contribution in [3.05, 3.63) is 169 Å². The second kappa shape index (κ2) is 10.1. The van der Waals surface area contributed by atoms with E-state index in [4.69, 9.17) is 0 Å². The van der Waals surface area contributed by atoms with Crippen LogP contribution in [0.3, 0.4) is 0 Å². The van der Waals surface area contributed by atoms with Crippen LogP contribution < -0.4 is 4.90 Å². The Bertz CT molecular complexity index is 1770. The average molecular weight is 500 g/mol. The summed E-state index contributed by atoms with van der Waals surface area (Å²) in [5, 5.41) is 2.52.